The first-order valence-electron chi connectivity index (χ1n) is 16.4. The molecule has 0 N–H and O–H groups in total. The van der Waals surface area contributed by atoms with Crippen LogP contribution in [0.4, 0.5) is 10.6 Å². The van der Waals surface area contributed by atoms with E-state index in [1.54, 1.807) is 33.7 Å². The van der Waals surface area contributed by atoms with Crippen molar-refractivity contribution in [2.24, 2.45) is 11.8 Å². The molecule has 3 heterocycles. The second kappa shape index (κ2) is 13.6. The van der Waals surface area contributed by atoms with E-state index in [9.17, 15) is 9.59 Å². The summed E-state index contributed by atoms with van der Waals surface area (Å²) in [7, 11) is 5.05. The van der Waals surface area contributed by atoms with Crippen molar-refractivity contribution in [2.75, 3.05) is 32.6 Å². The number of ether oxygens (including phenoxy) is 2. The zero-order valence-electron chi connectivity index (χ0n) is 26.9. The van der Waals surface area contributed by atoms with Gasteiger partial charge in [-0.3, -0.25) is 14.7 Å². The fraction of sp³-hybridized carbons (Fsp3) is 0.571. The van der Waals surface area contributed by atoms with Crippen molar-refractivity contribution in [1.82, 2.24) is 19.9 Å². The van der Waals surface area contributed by atoms with Crippen LogP contribution in [-0.4, -0.2) is 65.7 Å². The van der Waals surface area contributed by atoms with Crippen LogP contribution >= 0.6 is 0 Å². The Bertz CT molecular complexity index is 1490. The lowest BCUT2D eigenvalue weighted by molar-refractivity contribution is -0.124. The molecule has 3 aromatic heterocycles. The summed E-state index contributed by atoms with van der Waals surface area (Å²) < 4.78 is 16.8. The second-order valence-electron chi connectivity index (χ2n) is 13.2. The van der Waals surface area contributed by atoms with Crippen LogP contribution in [0.1, 0.15) is 93.3 Å². The van der Waals surface area contributed by atoms with Crippen molar-refractivity contribution < 1.29 is 23.5 Å². The highest BCUT2D eigenvalue weighted by Gasteiger charge is 2.35. The summed E-state index contributed by atoms with van der Waals surface area (Å²) in [5, 5.41) is 0. The maximum absolute atomic E-state index is 14.3. The highest BCUT2D eigenvalue weighted by atomic mass is 16.6. The Balaban J connectivity index is 1.17. The molecule has 3 aliphatic rings. The van der Waals surface area contributed by atoms with Crippen LogP contribution < -0.4 is 9.64 Å². The summed E-state index contributed by atoms with van der Waals surface area (Å²) in [6.45, 7) is 2.61. The SMILES string of the molecule is COc1ccc(C2CCC(CN(C(=O)C3CCC(OC(=O)N(C)C)CC3)c3cc(-c4coc(C5CC5)n4)ccn3)CC2)nc1C. The zero-order valence-corrected chi connectivity index (χ0v) is 26.9. The zero-order chi connectivity index (χ0) is 31.5. The molecule has 0 aliphatic heterocycles. The minimum absolute atomic E-state index is 0.102. The lowest BCUT2D eigenvalue weighted by Gasteiger charge is -2.35. The van der Waals surface area contributed by atoms with Crippen LogP contribution in [0, 0.1) is 18.8 Å². The number of methoxy groups -OCH3 is 1. The van der Waals surface area contributed by atoms with Crippen LogP contribution in [0.15, 0.2) is 41.1 Å². The number of amides is 2. The van der Waals surface area contributed by atoms with Crippen LogP contribution in [0.3, 0.4) is 0 Å². The van der Waals surface area contributed by atoms with E-state index in [1.165, 1.54) is 4.90 Å². The molecule has 3 aliphatic carbocycles. The molecule has 6 rings (SSSR count). The molecule has 0 aromatic carbocycles. The van der Waals surface area contributed by atoms with Gasteiger partial charge in [-0.1, -0.05) is 0 Å². The Hall–Kier alpha value is -3.95. The molecule has 3 aromatic rings. The molecule has 0 atom stereocenters. The Labute approximate surface area is 265 Å². The third-order valence-electron chi connectivity index (χ3n) is 9.67. The van der Waals surface area contributed by atoms with Crippen molar-refractivity contribution in [3.05, 3.63) is 54.0 Å². The summed E-state index contributed by atoms with van der Waals surface area (Å²) in [6, 6.07) is 8.01. The van der Waals surface area contributed by atoms with Gasteiger partial charge in [0.1, 0.15) is 29.6 Å². The van der Waals surface area contributed by atoms with Crippen molar-refractivity contribution in [3.8, 4) is 17.0 Å². The number of pyridine rings is 2. The molecule has 0 radical (unpaired) electrons. The van der Waals surface area contributed by atoms with Gasteiger partial charge in [-0.15, -0.1) is 0 Å². The minimum Gasteiger partial charge on any atom is -0.495 e. The van der Waals surface area contributed by atoms with E-state index in [0.717, 1.165) is 72.8 Å². The molecule has 0 bridgehead atoms. The fourth-order valence-corrected chi connectivity index (χ4v) is 6.77. The monoisotopic (exact) mass is 615 g/mol. The molecule has 0 spiro atoms. The van der Waals surface area contributed by atoms with Gasteiger partial charge in [0.15, 0.2) is 5.89 Å². The van der Waals surface area contributed by atoms with Gasteiger partial charge in [0.05, 0.1) is 12.8 Å². The molecule has 2 amide bonds. The van der Waals surface area contributed by atoms with Crippen molar-refractivity contribution in [3.63, 3.8) is 0 Å². The van der Waals surface area contributed by atoms with E-state index in [0.29, 0.717) is 55.8 Å². The fourth-order valence-electron chi connectivity index (χ4n) is 6.77. The molecular weight excluding hydrogens is 570 g/mol. The molecular formula is C35H45N5O5. The average Bonchev–Trinajstić information content (AvgIpc) is 3.79. The number of carbonyl (C=O) groups is 2. The summed E-state index contributed by atoms with van der Waals surface area (Å²) in [5.74, 6) is 3.43. The van der Waals surface area contributed by atoms with Gasteiger partial charge in [0.2, 0.25) is 5.91 Å². The molecule has 240 valence electrons. The lowest BCUT2D eigenvalue weighted by Crippen LogP contribution is -2.42. The average molecular weight is 616 g/mol. The molecule has 10 nitrogen and oxygen atoms in total. The van der Waals surface area contributed by atoms with Crippen LogP contribution in [0.2, 0.25) is 0 Å². The van der Waals surface area contributed by atoms with Crippen LogP contribution in [0.5, 0.6) is 5.75 Å². The van der Waals surface area contributed by atoms with E-state index >= 15 is 0 Å². The van der Waals surface area contributed by atoms with Gasteiger partial charge >= 0.3 is 6.09 Å². The Morgan fingerprint density at radius 2 is 1.67 bits per heavy atom. The molecule has 45 heavy (non-hydrogen) atoms. The summed E-state index contributed by atoms with van der Waals surface area (Å²) in [5.41, 5.74) is 3.72. The Kier molecular flexibility index (Phi) is 9.37. The quantitative estimate of drug-likeness (QED) is 0.256. The molecule has 3 fully saturated rings. The first-order valence-corrected chi connectivity index (χ1v) is 16.4. The van der Waals surface area contributed by atoms with Gasteiger partial charge in [0, 0.05) is 55.8 Å². The Morgan fingerprint density at radius 1 is 0.933 bits per heavy atom. The van der Waals surface area contributed by atoms with Gasteiger partial charge in [-0.05, 0) is 101 Å². The van der Waals surface area contributed by atoms with Crippen LogP contribution in [0.25, 0.3) is 11.3 Å². The molecule has 3 saturated carbocycles. The van der Waals surface area contributed by atoms with E-state index in [1.807, 2.05) is 30.0 Å². The number of hydrogen-bond acceptors (Lipinski definition) is 8. The standard InChI is InChI=1S/C35H45N5O5/c1-22-31(43-4)16-15-29(37-22)24-7-5-23(6-8-24)20-40(34(41)26-11-13-28(14-12-26)45-35(42)39(2)3)32-19-27(17-18-36-32)30-21-44-33(38-30)25-9-10-25/h15-19,21,23-26,28H,5-14,20H2,1-4H3. The summed E-state index contributed by atoms with van der Waals surface area (Å²) in [4.78, 5) is 44.0. The van der Waals surface area contributed by atoms with Gasteiger partial charge in [-0.2, -0.15) is 0 Å². The van der Waals surface area contributed by atoms with Gasteiger partial charge in [-0.25, -0.2) is 14.8 Å². The Morgan fingerprint density at radius 3 is 2.33 bits per heavy atom. The lowest BCUT2D eigenvalue weighted by atomic mass is 9.79. The summed E-state index contributed by atoms with van der Waals surface area (Å²) in [6.07, 6.45) is 12.1. The van der Waals surface area contributed by atoms with Crippen molar-refractivity contribution >= 4 is 17.8 Å². The summed E-state index contributed by atoms with van der Waals surface area (Å²) >= 11 is 0. The van der Waals surface area contributed by atoms with Crippen molar-refractivity contribution in [2.45, 2.75) is 89.1 Å². The number of oxazole rings is 1. The van der Waals surface area contributed by atoms with E-state index in [2.05, 4.69) is 6.07 Å². The second-order valence-corrected chi connectivity index (χ2v) is 13.2. The van der Waals surface area contributed by atoms with Gasteiger partial charge in [0.25, 0.3) is 0 Å². The van der Waals surface area contributed by atoms with E-state index in [-0.39, 0.29) is 24.0 Å². The van der Waals surface area contributed by atoms with E-state index < -0.39 is 0 Å². The maximum Gasteiger partial charge on any atom is 0.409 e. The third-order valence-corrected chi connectivity index (χ3v) is 9.67. The normalized spacial score (nSPS) is 23.3. The molecule has 0 saturated heterocycles. The van der Waals surface area contributed by atoms with Crippen molar-refractivity contribution in [1.29, 1.82) is 0 Å². The van der Waals surface area contributed by atoms with E-state index in [4.69, 9.17) is 28.8 Å². The maximum atomic E-state index is 14.3. The number of carbonyl (C=O) groups excluding carboxylic acids is 2. The number of nitrogens with zero attached hydrogens (tertiary/aromatic N) is 5. The first-order chi connectivity index (χ1) is 21.8. The molecule has 10 heteroatoms. The number of aromatic nitrogens is 3. The number of anilines is 1. The number of rotatable bonds is 9. The topological polar surface area (TPSA) is 111 Å². The highest BCUT2D eigenvalue weighted by Crippen LogP contribution is 2.41. The predicted molar refractivity (Wildman–Crippen MR) is 170 cm³/mol. The smallest absolute Gasteiger partial charge is 0.409 e. The first kappa shape index (κ1) is 31.0. The highest BCUT2D eigenvalue weighted by molar-refractivity contribution is 5.94. The molecule has 0 unspecified atom stereocenters. The minimum atomic E-state index is -0.333. The predicted octanol–water partition coefficient (Wildman–Crippen LogP) is 6.89. The third kappa shape index (κ3) is 7.31. The number of aryl methyl sites for hydroxylation is 1. The van der Waals surface area contributed by atoms with Gasteiger partial charge < -0.3 is 18.8 Å². The number of hydrogen-bond donors (Lipinski definition) is 0. The van der Waals surface area contributed by atoms with Crippen LogP contribution in [-0.2, 0) is 9.53 Å². The largest absolute Gasteiger partial charge is 0.495 e.